The van der Waals surface area contributed by atoms with Crippen molar-refractivity contribution in [3.8, 4) is 0 Å². The van der Waals surface area contributed by atoms with Gasteiger partial charge in [-0.05, 0) is 27.7 Å². The first-order valence-corrected chi connectivity index (χ1v) is 12.5. The molecule has 0 aromatic heterocycles. The molecule has 0 spiro atoms. The van der Waals surface area contributed by atoms with Crippen LogP contribution in [0.1, 0.15) is 53.4 Å². The molecule has 0 aliphatic carbocycles. The van der Waals surface area contributed by atoms with Gasteiger partial charge in [-0.2, -0.15) is 0 Å². The fourth-order valence-electron chi connectivity index (χ4n) is 0.494. The van der Waals surface area contributed by atoms with Crippen molar-refractivity contribution in [2.45, 2.75) is 53.4 Å². The zero-order valence-electron chi connectivity index (χ0n) is 28.1. The van der Waals surface area contributed by atoms with Crippen LogP contribution in [0.3, 0.4) is 0 Å². The Morgan fingerprint density at radius 2 is 0.449 bits per heavy atom. The topological polar surface area (TPSA) is 298 Å². The van der Waals surface area contributed by atoms with Crippen molar-refractivity contribution in [1.29, 1.82) is 0 Å². The van der Waals surface area contributed by atoms with Gasteiger partial charge in [-0.15, -0.1) is 26.3 Å². The predicted molar refractivity (Wildman–Crippen MR) is 180 cm³/mol. The fraction of sp³-hybridized carbons (Fsp3) is 0.250. The van der Waals surface area contributed by atoms with Crippen molar-refractivity contribution in [3.05, 3.63) is 99.2 Å². The second-order valence-corrected chi connectivity index (χ2v) is 7.89. The monoisotopic (exact) mass is 778 g/mol. The van der Waals surface area contributed by atoms with Crippen molar-refractivity contribution in [1.82, 2.24) is 0 Å². The number of hydrogen-bond acceptors (Lipinski definition) is 8. The van der Waals surface area contributed by atoms with Gasteiger partial charge in [0.15, 0.2) is 0 Å². The molecule has 16 nitrogen and oxygen atoms in total. The van der Waals surface area contributed by atoms with Gasteiger partial charge in [0.2, 0.25) is 0 Å². The standard InChI is InChI=1S/8C4H6O2.Zr/c4*1-3(2)4(5)6;4*1-2-3-4(5)6;/h4*1H2,2H3,(H,5,6);4*2H,1,3H2,(H,5,6);. The van der Waals surface area contributed by atoms with E-state index in [0.29, 0.717) is 0 Å². The van der Waals surface area contributed by atoms with Crippen LogP contribution in [-0.4, -0.2) is 88.6 Å². The van der Waals surface area contributed by atoms with Crippen LogP contribution in [0.4, 0.5) is 0 Å². The van der Waals surface area contributed by atoms with Crippen molar-refractivity contribution in [2.24, 2.45) is 0 Å². The number of carbonyl (C=O) groups is 8. The molecule has 17 heteroatoms. The van der Waals surface area contributed by atoms with Gasteiger partial charge in [-0.1, -0.05) is 50.6 Å². The van der Waals surface area contributed by atoms with Crippen LogP contribution < -0.4 is 0 Å². The van der Waals surface area contributed by atoms with E-state index in [1.54, 1.807) is 0 Å². The van der Waals surface area contributed by atoms with Crippen molar-refractivity contribution in [3.63, 3.8) is 0 Å². The summed E-state index contributed by atoms with van der Waals surface area (Å²) in [5, 5.41) is 62.9. The van der Waals surface area contributed by atoms with Gasteiger partial charge in [-0.3, -0.25) is 19.2 Å². The third kappa shape index (κ3) is 138. The molecule has 8 N–H and O–H groups in total. The number of aliphatic carboxylic acids is 8. The summed E-state index contributed by atoms with van der Waals surface area (Å²) in [4.78, 5) is 76.5. The van der Waals surface area contributed by atoms with Crippen molar-refractivity contribution in [2.75, 3.05) is 0 Å². The van der Waals surface area contributed by atoms with E-state index in [9.17, 15) is 38.4 Å². The maximum Gasteiger partial charge on any atom is 0.330 e. The molecule has 0 aromatic rings. The molecule has 0 aliphatic heterocycles. The van der Waals surface area contributed by atoms with Crippen molar-refractivity contribution < 1.29 is 105 Å². The summed E-state index contributed by atoms with van der Waals surface area (Å²) in [6, 6.07) is 0. The molecule has 276 valence electrons. The molecule has 0 fully saturated rings. The van der Waals surface area contributed by atoms with Crippen LogP contribution in [0.15, 0.2) is 99.2 Å². The molecule has 0 bridgehead atoms. The van der Waals surface area contributed by atoms with E-state index in [0.717, 1.165) is 0 Å². The molecule has 0 saturated carbocycles. The minimum atomic E-state index is -0.935. The Morgan fingerprint density at radius 1 is 0.367 bits per heavy atom. The van der Waals surface area contributed by atoms with Crippen LogP contribution in [0.25, 0.3) is 0 Å². The second kappa shape index (κ2) is 49.4. The van der Waals surface area contributed by atoms with Crippen LogP contribution in [-0.2, 0) is 64.6 Å². The number of carboxylic acid groups (broad SMARTS) is 8. The molecule has 0 heterocycles. The zero-order valence-corrected chi connectivity index (χ0v) is 30.6. The second-order valence-electron chi connectivity index (χ2n) is 7.89. The van der Waals surface area contributed by atoms with Gasteiger partial charge < -0.3 is 40.9 Å². The minimum absolute atomic E-state index is 0. The first kappa shape index (κ1) is 66.1. The number of rotatable bonds is 12. The Morgan fingerprint density at radius 3 is 0.449 bits per heavy atom. The van der Waals surface area contributed by atoms with E-state index < -0.39 is 47.8 Å². The number of carboxylic acids is 8. The molecular formula is C32H48O16Zr. The zero-order chi connectivity index (χ0) is 40.6. The minimum Gasteiger partial charge on any atom is -0.481 e. The summed E-state index contributed by atoms with van der Waals surface area (Å²) >= 11 is 0. The normalized spacial score (nSPS) is 7.27. The molecule has 0 aromatic carbocycles. The van der Waals surface area contributed by atoms with Crippen LogP contribution in [0.5, 0.6) is 0 Å². The first-order chi connectivity index (χ1) is 21.7. The summed E-state index contributed by atoms with van der Waals surface area (Å²) in [6.45, 7) is 31.3. The Kier molecular flexibility index (Phi) is 66.7. The maximum absolute atomic E-state index is 9.60. The Labute approximate surface area is 304 Å². The average Bonchev–Trinajstić information content (AvgIpc) is 2.90. The Balaban J connectivity index is -0.0000000532. The summed E-state index contributed by atoms with van der Waals surface area (Å²) in [5.74, 6) is -7.06. The van der Waals surface area contributed by atoms with E-state index in [1.807, 2.05) is 0 Å². The fourth-order valence-corrected chi connectivity index (χ4v) is 0.494. The van der Waals surface area contributed by atoms with E-state index in [1.165, 1.54) is 52.0 Å². The summed E-state index contributed by atoms with van der Waals surface area (Å²) < 4.78 is 0. The molecule has 0 saturated heterocycles. The summed E-state index contributed by atoms with van der Waals surface area (Å²) in [5.41, 5.74) is 0.704. The Bertz CT molecular complexity index is 908. The van der Waals surface area contributed by atoms with Crippen LogP contribution in [0, 0.1) is 0 Å². The average molecular weight is 780 g/mol. The van der Waals surface area contributed by atoms with Gasteiger partial charge in [0.25, 0.3) is 0 Å². The molecule has 0 radical (unpaired) electrons. The molecule has 49 heavy (non-hydrogen) atoms. The van der Waals surface area contributed by atoms with Gasteiger partial charge in [0, 0.05) is 48.5 Å². The predicted octanol–water partition coefficient (Wildman–Crippen LogP) is 5.17. The maximum atomic E-state index is 9.60. The molecule has 0 amide bonds. The largest absolute Gasteiger partial charge is 0.481 e. The van der Waals surface area contributed by atoms with Gasteiger partial charge in [-0.25, -0.2) is 19.2 Å². The van der Waals surface area contributed by atoms with Gasteiger partial charge in [0.05, 0.1) is 25.7 Å². The third-order valence-corrected chi connectivity index (χ3v) is 2.74. The molecule has 0 unspecified atom stereocenters. The van der Waals surface area contributed by atoms with E-state index in [-0.39, 0.29) is 74.2 Å². The third-order valence-electron chi connectivity index (χ3n) is 2.74. The SMILES string of the molecule is C=C(C)C(=O)O.C=C(C)C(=O)O.C=C(C)C(=O)O.C=C(C)C(=O)O.C=CCC(=O)O.C=CCC(=O)O.C=CCC(=O)O.C=CCC(=O)O.[Zr]. The van der Waals surface area contributed by atoms with E-state index in [2.05, 4.69) is 52.6 Å². The molecule has 0 rings (SSSR count). The Hall–Kier alpha value is -5.44. The van der Waals surface area contributed by atoms with Crippen molar-refractivity contribution >= 4 is 47.8 Å². The van der Waals surface area contributed by atoms with Gasteiger partial charge in [0.1, 0.15) is 0 Å². The van der Waals surface area contributed by atoms with E-state index in [4.69, 9.17) is 40.9 Å². The summed E-state index contributed by atoms with van der Waals surface area (Å²) in [6.07, 6.45) is 5.62. The summed E-state index contributed by atoms with van der Waals surface area (Å²) in [7, 11) is 0. The molecular weight excluding hydrogens is 732 g/mol. The molecule has 0 atom stereocenters. The first-order valence-electron chi connectivity index (χ1n) is 12.5. The molecule has 0 aliphatic rings. The van der Waals surface area contributed by atoms with Crippen LogP contribution >= 0.6 is 0 Å². The number of hydrogen-bond donors (Lipinski definition) is 8. The smallest absolute Gasteiger partial charge is 0.330 e. The van der Waals surface area contributed by atoms with E-state index >= 15 is 0 Å². The van der Waals surface area contributed by atoms with Crippen LogP contribution in [0.2, 0.25) is 0 Å². The van der Waals surface area contributed by atoms with Gasteiger partial charge >= 0.3 is 47.8 Å². The quantitative estimate of drug-likeness (QED) is 0.0935.